The van der Waals surface area contributed by atoms with Crippen LogP contribution in [0.15, 0.2) is 84.9 Å². The number of halogens is 2. The first-order chi connectivity index (χ1) is 32.4. The number of phenols is 4. The number of phenolic OH excluding ortho intramolecular Hbond substituents is 4. The summed E-state index contributed by atoms with van der Waals surface area (Å²) < 4.78 is 0. The van der Waals surface area contributed by atoms with E-state index in [-0.39, 0.29) is 69.4 Å². The summed E-state index contributed by atoms with van der Waals surface area (Å²) in [6, 6.07) is 7.04. The van der Waals surface area contributed by atoms with Gasteiger partial charge in [-0.1, -0.05) is 73.4 Å². The summed E-state index contributed by atoms with van der Waals surface area (Å²) in [6.07, 6.45) is -5.34. The molecule has 23 heteroatoms. The normalized spacial score (nSPS) is 14.7. The van der Waals surface area contributed by atoms with Gasteiger partial charge in [-0.2, -0.15) is 0 Å². The Kier molecular flexibility index (Phi) is 19.5. The van der Waals surface area contributed by atoms with Crippen molar-refractivity contribution >= 4 is 64.6 Å². The monoisotopic (exact) mass is 997 g/mol. The number of aliphatic carboxylic acids is 1. The number of nitrogens with one attached hydrogen (secondary N) is 5. The van der Waals surface area contributed by atoms with E-state index in [4.69, 9.17) is 34.7 Å². The third-order valence-electron chi connectivity index (χ3n) is 10.5. The van der Waals surface area contributed by atoms with Gasteiger partial charge in [0, 0.05) is 12.8 Å². The molecule has 21 nitrogen and oxygen atoms in total. The van der Waals surface area contributed by atoms with Crippen LogP contribution in [-0.4, -0.2) is 113 Å². The predicted octanol–water partition coefficient (Wildman–Crippen LogP) is 0.826. The molecule has 6 amide bonds. The fraction of sp³-hybridized carbons (Fsp3) is 0.326. The first kappa shape index (κ1) is 54.4. The van der Waals surface area contributed by atoms with Gasteiger partial charge in [-0.15, -0.1) is 0 Å². The van der Waals surface area contributed by atoms with Crippen LogP contribution in [-0.2, 0) is 46.4 Å². The van der Waals surface area contributed by atoms with E-state index in [1.54, 1.807) is 13.8 Å². The Morgan fingerprint density at radius 2 is 0.942 bits per heavy atom. The van der Waals surface area contributed by atoms with Crippen molar-refractivity contribution in [3.8, 4) is 23.0 Å². The highest BCUT2D eigenvalue weighted by Gasteiger charge is 2.37. The van der Waals surface area contributed by atoms with Gasteiger partial charge in [0.25, 0.3) is 0 Å². The number of carbonyl (C=O) groups excluding carboxylic acids is 6. The van der Waals surface area contributed by atoms with Crippen molar-refractivity contribution in [1.82, 2.24) is 26.6 Å². The Bertz CT molecular complexity index is 2500. The van der Waals surface area contributed by atoms with Crippen molar-refractivity contribution in [2.24, 2.45) is 17.4 Å². The second-order valence-electron chi connectivity index (χ2n) is 16.5. The van der Waals surface area contributed by atoms with Gasteiger partial charge in [0.1, 0.15) is 59.4 Å². The fourth-order valence-electron chi connectivity index (χ4n) is 6.86. The Hall–Kier alpha value is -7.17. The second kappa shape index (κ2) is 24.7. The van der Waals surface area contributed by atoms with Crippen molar-refractivity contribution in [1.29, 1.82) is 0 Å². The average molecular weight is 999 g/mol. The molecule has 4 aromatic rings. The zero-order chi connectivity index (χ0) is 51.3. The van der Waals surface area contributed by atoms with Crippen LogP contribution in [0.25, 0.3) is 0 Å². The standard InChI is InChI=1S/C46H53Cl2N7O14/c1-21(2)15-30(49)41(63)54-37(39(61)24-7-13-34(58)28(47)18-24)45(67)53-33(20-36(50)60)43(65)51-31(16-22-3-9-26(56)10-4-22)42(64)52-32(17-23-5-11-27(57)12-6-23)44(66)55-38(46(68)69)40(62)25-8-14-35(59)29(48)19-25/h3-14,18-19,21,30-33,37-40,56-59,61-62H,15-17,20,49H2,1-2H3,(H2,50,60)(H,51,65)(H,52,64)(H,53,67)(H,54,63)(H,55,66)(H,68,69)/t30-,31-,32-,33+,37-,38-,39?,40?/m1/s1. The van der Waals surface area contributed by atoms with E-state index in [9.17, 15) is 69.3 Å². The Balaban J connectivity index is 1.69. The number of benzene rings is 4. The molecule has 8 atom stereocenters. The maximum absolute atomic E-state index is 14.4. The fourth-order valence-corrected chi connectivity index (χ4v) is 7.24. The van der Waals surface area contributed by atoms with Gasteiger partial charge in [0.2, 0.25) is 35.4 Å². The van der Waals surface area contributed by atoms with Crippen LogP contribution >= 0.6 is 23.2 Å². The highest BCUT2D eigenvalue weighted by atomic mass is 35.5. The third-order valence-corrected chi connectivity index (χ3v) is 11.1. The number of carboxylic acid groups (broad SMARTS) is 1. The van der Waals surface area contributed by atoms with E-state index in [2.05, 4.69) is 26.6 Å². The van der Waals surface area contributed by atoms with Crippen LogP contribution in [0.1, 0.15) is 61.2 Å². The van der Waals surface area contributed by atoms with Crippen molar-refractivity contribution < 1.29 is 69.3 Å². The molecule has 4 rings (SSSR count). The van der Waals surface area contributed by atoms with Crippen LogP contribution in [0.3, 0.4) is 0 Å². The number of nitrogens with two attached hydrogens (primary N) is 2. The Morgan fingerprint density at radius 1 is 0.551 bits per heavy atom. The summed E-state index contributed by atoms with van der Waals surface area (Å²) >= 11 is 12.0. The van der Waals surface area contributed by atoms with Crippen molar-refractivity contribution in [3.05, 3.63) is 117 Å². The van der Waals surface area contributed by atoms with E-state index in [1.807, 2.05) is 0 Å². The number of hydrogen-bond donors (Lipinski definition) is 14. The molecule has 0 saturated heterocycles. The molecular formula is C46H53Cl2N7O14. The van der Waals surface area contributed by atoms with Crippen LogP contribution in [0.5, 0.6) is 23.0 Å². The number of amides is 6. The largest absolute Gasteiger partial charge is 0.508 e. The summed E-state index contributed by atoms with van der Waals surface area (Å²) in [5, 5.41) is 83.5. The number of aliphatic hydroxyl groups is 2. The van der Waals surface area contributed by atoms with Gasteiger partial charge in [-0.25, -0.2) is 4.79 Å². The lowest BCUT2D eigenvalue weighted by atomic mass is 9.98. The Labute approximate surface area is 404 Å². The molecule has 0 radical (unpaired) electrons. The van der Waals surface area contributed by atoms with Crippen LogP contribution in [0, 0.1) is 5.92 Å². The van der Waals surface area contributed by atoms with Crippen LogP contribution in [0.4, 0.5) is 0 Å². The van der Waals surface area contributed by atoms with Crippen molar-refractivity contribution in [3.63, 3.8) is 0 Å². The van der Waals surface area contributed by atoms with Crippen molar-refractivity contribution in [2.75, 3.05) is 0 Å². The lowest BCUT2D eigenvalue weighted by Gasteiger charge is -2.29. The highest BCUT2D eigenvalue weighted by Crippen LogP contribution is 2.30. The topological polar surface area (TPSA) is 373 Å². The molecule has 370 valence electrons. The van der Waals surface area contributed by atoms with Crippen LogP contribution in [0.2, 0.25) is 10.0 Å². The smallest absolute Gasteiger partial charge is 0.329 e. The van der Waals surface area contributed by atoms with E-state index in [1.165, 1.54) is 60.7 Å². The number of carboxylic acids is 1. The molecule has 0 spiro atoms. The number of primary amides is 1. The molecular weight excluding hydrogens is 945 g/mol. The van der Waals surface area contributed by atoms with Gasteiger partial charge in [0.05, 0.1) is 22.5 Å². The van der Waals surface area contributed by atoms with Gasteiger partial charge in [-0.3, -0.25) is 28.8 Å². The lowest BCUT2D eigenvalue weighted by Crippen LogP contribution is -2.61. The van der Waals surface area contributed by atoms with E-state index >= 15 is 0 Å². The molecule has 69 heavy (non-hydrogen) atoms. The van der Waals surface area contributed by atoms with Gasteiger partial charge in [0.15, 0.2) is 6.04 Å². The zero-order valence-electron chi connectivity index (χ0n) is 37.0. The maximum atomic E-state index is 14.4. The highest BCUT2D eigenvalue weighted by molar-refractivity contribution is 6.32. The summed E-state index contributed by atoms with van der Waals surface area (Å²) in [4.78, 5) is 94.8. The second-order valence-corrected chi connectivity index (χ2v) is 17.3. The van der Waals surface area contributed by atoms with Gasteiger partial charge >= 0.3 is 5.97 Å². The SMILES string of the molecule is CC(C)C[C@@H](N)C(=O)N[C@@H](C(=O)N[C@@H](CC(N)=O)C(=O)N[C@H](Cc1ccc(O)cc1)C(=O)N[C@H](Cc1ccc(O)cc1)C(=O)N[C@@H](C(=O)O)C(O)c1ccc(O)c(Cl)c1)C(O)c1ccc(O)c(Cl)c1. The molecule has 0 heterocycles. The summed E-state index contributed by atoms with van der Waals surface area (Å²) in [5.74, 6) is -9.56. The number of rotatable bonds is 23. The quantitative estimate of drug-likeness (QED) is 0.0489. The van der Waals surface area contributed by atoms with E-state index < -0.39 is 96.3 Å². The molecule has 0 aromatic heterocycles. The van der Waals surface area contributed by atoms with E-state index in [0.717, 1.165) is 24.3 Å². The van der Waals surface area contributed by atoms with E-state index in [0.29, 0.717) is 11.1 Å². The molecule has 0 fully saturated rings. The van der Waals surface area contributed by atoms with Gasteiger partial charge in [-0.05, 0) is 83.1 Å². The minimum atomic E-state index is -2.06. The van der Waals surface area contributed by atoms with Crippen molar-refractivity contribution in [2.45, 2.75) is 88.0 Å². The summed E-state index contributed by atoms with van der Waals surface area (Å²) in [7, 11) is 0. The summed E-state index contributed by atoms with van der Waals surface area (Å²) in [5.41, 5.74) is 12.0. The van der Waals surface area contributed by atoms with Gasteiger partial charge < -0.3 is 73.8 Å². The molecule has 0 aliphatic carbocycles. The molecule has 2 unspecified atom stereocenters. The maximum Gasteiger partial charge on any atom is 0.329 e. The minimum Gasteiger partial charge on any atom is -0.508 e. The zero-order valence-corrected chi connectivity index (χ0v) is 38.5. The lowest BCUT2D eigenvalue weighted by molar-refractivity contribution is -0.145. The molecule has 4 aromatic carbocycles. The van der Waals surface area contributed by atoms with Crippen LogP contribution < -0.4 is 38.1 Å². The number of aliphatic hydroxyl groups excluding tert-OH is 2. The molecule has 0 aliphatic rings. The summed E-state index contributed by atoms with van der Waals surface area (Å²) in [6.45, 7) is 3.57. The minimum absolute atomic E-state index is 0.0714. The first-order valence-electron chi connectivity index (χ1n) is 21.1. The first-order valence-corrected chi connectivity index (χ1v) is 21.9. The number of aromatic hydroxyl groups is 4. The Morgan fingerprint density at radius 3 is 1.35 bits per heavy atom. The number of carbonyl (C=O) groups is 7. The molecule has 0 saturated carbocycles. The molecule has 16 N–H and O–H groups in total. The molecule has 0 aliphatic heterocycles. The third kappa shape index (κ3) is 16.0. The average Bonchev–Trinajstić information content (AvgIpc) is 3.28. The number of hydrogen-bond acceptors (Lipinski definition) is 14. The molecule has 0 bridgehead atoms. The predicted molar refractivity (Wildman–Crippen MR) is 248 cm³/mol.